The number of aliphatic imine (C=N–C) groups is 1. The lowest BCUT2D eigenvalue weighted by molar-refractivity contribution is 0.337. The molecule has 1 aromatic heterocycles. The maximum absolute atomic E-state index is 5.91. The second kappa shape index (κ2) is 3.20. The van der Waals surface area contributed by atoms with E-state index in [1.807, 2.05) is 6.92 Å². The van der Waals surface area contributed by atoms with Crippen LogP contribution < -0.4 is 5.73 Å². The summed E-state index contributed by atoms with van der Waals surface area (Å²) in [5, 5.41) is 3.25. The number of guanidine groups is 1. The van der Waals surface area contributed by atoms with Crippen LogP contribution in [0.2, 0.25) is 0 Å². The van der Waals surface area contributed by atoms with Gasteiger partial charge in [-0.25, -0.2) is 4.98 Å². The van der Waals surface area contributed by atoms with Crippen molar-refractivity contribution in [3.05, 3.63) is 16.1 Å². The molecule has 4 nitrogen and oxygen atoms in total. The lowest BCUT2D eigenvalue weighted by Gasteiger charge is -2.24. The van der Waals surface area contributed by atoms with Crippen LogP contribution in [-0.4, -0.2) is 28.4 Å². The SMILES string of the molecule is Cc1csc(C2CN=C(N)N2C2CC2)n1. The van der Waals surface area contributed by atoms with Gasteiger partial charge in [0, 0.05) is 17.1 Å². The Hall–Kier alpha value is -1.10. The smallest absolute Gasteiger partial charge is 0.192 e. The molecule has 15 heavy (non-hydrogen) atoms. The van der Waals surface area contributed by atoms with Crippen molar-refractivity contribution in [2.45, 2.75) is 31.8 Å². The topological polar surface area (TPSA) is 54.5 Å². The minimum absolute atomic E-state index is 0.302. The summed E-state index contributed by atoms with van der Waals surface area (Å²) in [6, 6.07) is 0.918. The highest BCUT2D eigenvalue weighted by Gasteiger charge is 2.39. The summed E-state index contributed by atoms with van der Waals surface area (Å²) in [7, 11) is 0. The number of thiazole rings is 1. The van der Waals surface area contributed by atoms with Gasteiger partial charge in [-0.1, -0.05) is 0 Å². The van der Waals surface area contributed by atoms with Crippen LogP contribution in [0.1, 0.15) is 29.6 Å². The molecule has 0 spiro atoms. The summed E-state index contributed by atoms with van der Waals surface area (Å²) < 4.78 is 0. The number of rotatable bonds is 2. The highest BCUT2D eigenvalue weighted by Crippen LogP contribution is 2.37. The second-order valence-electron chi connectivity index (χ2n) is 4.18. The van der Waals surface area contributed by atoms with Gasteiger partial charge in [0.25, 0.3) is 0 Å². The van der Waals surface area contributed by atoms with Gasteiger partial charge in [-0.3, -0.25) is 4.99 Å². The molecule has 2 heterocycles. The average Bonchev–Trinajstić information content (AvgIpc) is 2.84. The number of aryl methyl sites for hydroxylation is 1. The predicted molar refractivity (Wildman–Crippen MR) is 60.9 cm³/mol. The van der Waals surface area contributed by atoms with Gasteiger partial charge in [0.15, 0.2) is 5.96 Å². The second-order valence-corrected chi connectivity index (χ2v) is 5.07. The molecule has 2 aliphatic rings. The lowest BCUT2D eigenvalue weighted by atomic mass is 10.3. The van der Waals surface area contributed by atoms with Gasteiger partial charge in [0.2, 0.25) is 0 Å². The first-order valence-electron chi connectivity index (χ1n) is 5.26. The van der Waals surface area contributed by atoms with E-state index in [-0.39, 0.29) is 0 Å². The molecule has 0 saturated heterocycles. The fourth-order valence-electron chi connectivity index (χ4n) is 2.03. The molecule has 1 unspecified atom stereocenters. The Labute approximate surface area is 92.8 Å². The Morgan fingerprint density at radius 1 is 1.53 bits per heavy atom. The van der Waals surface area contributed by atoms with Crippen molar-refractivity contribution < 1.29 is 0 Å². The molecule has 0 bridgehead atoms. The summed E-state index contributed by atoms with van der Waals surface area (Å²) in [5.41, 5.74) is 7.00. The molecule has 0 amide bonds. The van der Waals surface area contributed by atoms with Crippen molar-refractivity contribution in [2.75, 3.05) is 6.54 Å². The van der Waals surface area contributed by atoms with Crippen LogP contribution in [-0.2, 0) is 0 Å². The zero-order valence-electron chi connectivity index (χ0n) is 8.68. The summed E-state index contributed by atoms with van der Waals surface area (Å²) >= 11 is 1.72. The molecule has 1 atom stereocenters. The predicted octanol–water partition coefficient (Wildman–Crippen LogP) is 1.29. The number of nitrogens with two attached hydrogens (primary N) is 1. The largest absolute Gasteiger partial charge is 0.370 e. The van der Waals surface area contributed by atoms with E-state index in [9.17, 15) is 0 Å². The van der Waals surface area contributed by atoms with E-state index >= 15 is 0 Å². The quantitative estimate of drug-likeness (QED) is 0.820. The maximum atomic E-state index is 5.91. The summed E-state index contributed by atoms with van der Waals surface area (Å²) in [4.78, 5) is 11.1. The fourth-order valence-corrected chi connectivity index (χ4v) is 2.91. The lowest BCUT2D eigenvalue weighted by Crippen LogP contribution is -2.37. The summed E-state index contributed by atoms with van der Waals surface area (Å²) in [5.74, 6) is 0.704. The van der Waals surface area contributed by atoms with E-state index in [0.29, 0.717) is 18.0 Å². The van der Waals surface area contributed by atoms with Crippen molar-refractivity contribution in [3.8, 4) is 0 Å². The average molecular weight is 222 g/mol. The van der Waals surface area contributed by atoms with Crippen LogP contribution >= 0.6 is 11.3 Å². The van der Waals surface area contributed by atoms with Gasteiger partial charge >= 0.3 is 0 Å². The van der Waals surface area contributed by atoms with Crippen LogP contribution in [0.15, 0.2) is 10.4 Å². The van der Waals surface area contributed by atoms with E-state index in [1.165, 1.54) is 12.8 Å². The molecule has 0 radical (unpaired) electrons. The molecule has 2 N–H and O–H groups in total. The minimum Gasteiger partial charge on any atom is -0.370 e. The Balaban J connectivity index is 1.87. The molecule has 80 valence electrons. The minimum atomic E-state index is 0.302. The zero-order chi connectivity index (χ0) is 10.4. The van der Waals surface area contributed by atoms with Crippen molar-refractivity contribution >= 4 is 17.3 Å². The van der Waals surface area contributed by atoms with Gasteiger partial charge in [-0.05, 0) is 19.8 Å². The van der Waals surface area contributed by atoms with Crippen molar-refractivity contribution in [1.29, 1.82) is 0 Å². The molecule has 1 fully saturated rings. The van der Waals surface area contributed by atoms with Crippen LogP contribution in [0.25, 0.3) is 0 Å². The number of hydrogen-bond acceptors (Lipinski definition) is 5. The van der Waals surface area contributed by atoms with E-state index in [0.717, 1.165) is 17.2 Å². The monoisotopic (exact) mass is 222 g/mol. The third-order valence-corrected chi connectivity index (χ3v) is 3.95. The molecule has 1 aromatic rings. The van der Waals surface area contributed by atoms with E-state index in [4.69, 9.17) is 5.73 Å². The molecular weight excluding hydrogens is 208 g/mol. The van der Waals surface area contributed by atoms with Crippen LogP contribution in [0, 0.1) is 6.92 Å². The molecular formula is C10H14N4S. The third kappa shape index (κ3) is 1.51. The highest BCUT2D eigenvalue weighted by atomic mass is 32.1. The van der Waals surface area contributed by atoms with Crippen LogP contribution in [0.5, 0.6) is 0 Å². The molecule has 1 aliphatic heterocycles. The fraction of sp³-hybridized carbons (Fsp3) is 0.600. The van der Waals surface area contributed by atoms with E-state index in [1.54, 1.807) is 11.3 Å². The van der Waals surface area contributed by atoms with Crippen LogP contribution in [0.3, 0.4) is 0 Å². The zero-order valence-corrected chi connectivity index (χ0v) is 9.50. The molecule has 3 rings (SSSR count). The maximum Gasteiger partial charge on any atom is 0.192 e. The standard InChI is InChI=1S/C10H14N4S/c1-6-5-15-9(13-6)8-4-12-10(11)14(8)7-2-3-7/h5,7-8H,2-4H2,1H3,(H2,11,12). The van der Waals surface area contributed by atoms with Gasteiger partial charge in [-0.15, -0.1) is 11.3 Å². The normalized spacial score (nSPS) is 25.8. The van der Waals surface area contributed by atoms with Gasteiger partial charge in [0.1, 0.15) is 11.0 Å². The van der Waals surface area contributed by atoms with Gasteiger partial charge in [-0.2, -0.15) is 0 Å². The summed E-state index contributed by atoms with van der Waals surface area (Å²) in [6.07, 6.45) is 2.49. The Morgan fingerprint density at radius 3 is 2.93 bits per heavy atom. The van der Waals surface area contributed by atoms with Crippen molar-refractivity contribution in [3.63, 3.8) is 0 Å². The number of aromatic nitrogens is 1. The first kappa shape index (κ1) is 9.15. The van der Waals surface area contributed by atoms with E-state index in [2.05, 4.69) is 20.3 Å². The number of nitrogens with zero attached hydrogens (tertiary/aromatic N) is 3. The van der Waals surface area contributed by atoms with E-state index < -0.39 is 0 Å². The molecule has 1 saturated carbocycles. The summed E-state index contributed by atoms with van der Waals surface area (Å²) in [6.45, 7) is 2.80. The first-order valence-corrected chi connectivity index (χ1v) is 6.14. The third-order valence-electron chi connectivity index (χ3n) is 2.89. The van der Waals surface area contributed by atoms with Gasteiger partial charge in [0.05, 0.1) is 6.54 Å². The Bertz CT molecular complexity index is 407. The van der Waals surface area contributed by atoms with Crippen molar-refractivity contribution in [2.24, 2.45) is 10.7 Å². The highest BCUT2D eigenvalue weighted by molar-refractivity contribution is 7.09. The number of hydrogen-bond donors (Lipinski definition) is 1. The molecule has 5 heteroatoms. The van der Waals surface area contributed by atoms with Crippen LogP contribution in [0.4, 0.5) is 0 Å². The van der Waals surface area contributed by atoms with Gasteiger partial charge < -0.3 is 10.6 Å². The first-order chi connectivity index (χ1) is 7.25. The molecule has 0 aromatic carbocycles. The Morgan fingerprint density at radius 2 is 2.33 bits per heavy atom. The Kier molecular flexibility index (Phi) is 1.95. The van der Waals surface area contributed by atoms with Crippen molar-refractivity contribution in [1.82, 2.24) is 9.88 Å². The molecule has 1 aliphatic carbocycles.